The number of rotatable bonds is 4. The number of amides is 1. The molecule has 1 amide bonds. The number of halogens is 1. The second kappa shape index (κ2) is 7.27. The van der Waals surface area contributed by atoms with Gasteiger partial charge in [0.2, 0.25) is 0 Å². The van der Waals surface area contributed by atoms with E-state index in [0.29, 0.717) is 16.2 Å². The summed E-state index contributed by atoms with van der Waals surface area (Å²) in [5.74, 6) is -0.253. The van der Waals surface area contributed by atoms with Crippen molar-refractivity contribution in [1.29, 1.82) is 0 Å². The van der Waals surface area contributed by atoms with Crippen molar-refractivity contribution in [1.82, 2.24) is 29.3 Å². The Bertz CT molecular complexity index is 1370. The molecule has 4 aromatic heterocycles. The fourth-order valence-corrected chi connectivity index (χ4v) is 3.90. The summed E-state index contributed by atoms with van der Waals surface area (Å²) in [4.78, 5) is 21.5. The first-order valence-corrected chi connectivity index (χ1v) is 9.80. The predicted octanol–water partition coefficient (Wildman–Crippen LogP) is 4.19. The van der Waals surface area contributed by atoms with Gasteiger partial charge in [-0.1, -0.05) is 41.9 Å². The molecule has 8 heteroatoms. The number of fused-ring (bicyclic) bond motifs is 2. The van der Waals surface area contributed by atoms with Crippen LogP contribution < -0.4 is 5.32 Å². The summed E-state index contributed by atoms with van der Waals surface area (Å²) in [6.07, 6.45) is 8.37. The summed E-state index contributed by atoms with van der Waals surface area (Å²) in [5.41, 5.74) is 4.55. The normalized spacial score (nSPS) is 12.3. The summed E-state index contributed by atoms with van der Waals surface area (Å²) in [5, 5.41) is 7.82. The van der Waals surface area contributed by atoms with E-state index in [1.807, 2.05) is 47.7 Å². The van der Waals surface area contributed by atoms with E-state index in [9.17, 15) is 4.79 Å². The lowest BCUT2D eigenvalue weighted by molar-refractivity contribution is 0.0941. The number of carbonyl (C=O) groups is 1. The predicted molar refractivity (Wildman–Crippen MR) is 115 cm³/mol. The van der Waals surface area contributed by atoms with Crippen molar-refractivity contribution in [2.45, 2.75) is 13.0 Å². The number of nitrogens with zero attached hydrogens (tertiary/aromatic N) is 5. The molecule has 0 aliphatic carbocycles. The Balaban J connectivity index is 1.58. The molecule has 0 bridgehead atoms. The maximum atomic E-state index is 13.0. The largest absolute Gasteiger partial charge is 0.345 e. The van der Waals surface area contributed by atoms with E-state index in [1.54, 1.807) is 35.5 Å². The highest BCUT2D eigenvalue weighted by Gasteiger charge is 2.21. The molecular weight excluding hydrogens is 400 g/mol. The number of imidazole rings is 1. The van der Waals surface area contributed by atoms with Gasteiger partial charge in [0.1, 0.15) is 5.56 Å². The molecule has 5 rings (SSSR count). The summed E-state index contributed by atoms with van der Waals surface area (Å²) < 4.78 is 3.52. The van der Waals surface area contributed by atoms with Crippen LogP contribution in [0, 0.1) is 0 Å². The van der Waals surface area contributed by atoms with Crippen LogP contribution in [-0.4, -0.2) is 29.9 Å². The summed E-state index contributed by atoms with van der Waals surface area (Å²) in [6.45, 7) is 1.93. The van der Waals surface area contributed by atoms with Gasteiger partial charge >= 0.3 is 0 Å². The Kier molecular flexibility index (Phi) is 4.44. The third kappa shape index (κ3) is 3.00. The molecule has 0 aliphatic heterocycles. The highest BCUT2D eigenvalue weighted by Crippen LogP contribution is 2.33. The lowest BCUT2D eigenvalue weighted by atomic mass is 10.00. The molecule has 0 spiro atoms. The fourth-order valence-electron chi connectivity index (χ4n) is 3.64. The first-order chi connectivity index (χ1) is 14.6. The van der Waals surface area contributed by atoms with Gasteiger partial charge in [-0.25, -0.2) is 14.5 Å². The molecule has 1 unspecified atom stereocenters. The van der Waals surface area contributed by atoms with Crippen LogP contribution in [0.5, 0.6) is 0 Å². The van der Waals surface area contributed by atoms with Crippen LogP contribution >= 0.6 is 11.6 Å². The molecule has 30 heavy (non-hydrogen) atoms. The molecule has 0 fully saturated rings. The fraction of sp³-hybridized carbons (Fsp3) is 0.0909. The Morgan fingerprint density at radius 1 is 1.17 bits per heavy atom. The Morgan fingerprint density at radius 3 is 2.83 bits per heavy atom. The van der Waals surface area contributed by atoms with Gasteiger partial charge in [-0.2, -0.15) is 5.10 Å². The average Bonchev–Trinajstić information content (AvgIpc) is 3.42. The SMILES string of the molecule is CC(NC(=O)c1cnn2cccnc12)c1cc(Cl)c2cncn2c1-c1ccccc1. The third-order valence-corrected chi connectivity index (χ3v) is 5.37. The van der Waals surface area contributed by atoms with Gasteiger partial charge in [0.15, 0.2) is 5.65 Å². The smallest absolute Gasteiger partial charge is 0.257 e. The topological polar surface area (TPSA) is 76.6 Å². The van der Waals surface area contributed by atoms with Crippen molar-refractivity contribution in [2.24, 2.45) is 0 Å². The molecule has 7 nitrogen and oxygen atoms in total. The molecule has 148 valence electrons. The number of pyridine rings is 1. The van der Waals surface area contributed by atoms with Crippen molar-refractivity contribution < 1.29 is 4.79 Å². The van der Waals surface area contributed by atoms with E-state index in [0.717, 1.165) is 22.3 Å². The maximum Gasteiger partial charge on any atom is 0.257 e. The lowest BCUT2D eigenvalue weighted by Crippen LogP contribution is -2.27. The Labute approximate surface area is 177 Å². The van der Waals surface area contributed by atoms with E-state index >= 15 is 0 Å². The molecule has 1 aromatic carbocycles. The number of aromatic nitrogens is 5. The molecule has 5 aromatic rings. The van der Waals surface area contributed by atoms with Crippen molar-refractivity contribution in [3.63, 3.8) is 0 Å². The Hall–Kier alpha value is -3.71. The van der Waals surface area contributed by atoms with Crippen LogP contribution in [-0.2, 0) is 0 Å². The third-order valence-electron chi connectivity index (χ3n) is 5.07. The maximum absolute atomic E-state index is 13.0. The van der Waals surface area contributed by atoms with Crippen molar-refractivity contribution in [3.8, 4) is 11.3 Å². The number of carbonyl (C=O) groups excluding carboxylic acids is 1. The zero-order chi connectivity index (χ0) is 20.7. The molecule has 0 saturated carbocycles. The van der Waals surface area contributed by atoms with E-state index < -0.39 is 0 Å². The van der Waals surface area contributed by atoms with Crippen molar-refractivity contribution in [3.05, 3.63) is 89.7 Å². The summed E-state index contributed by atoms with van der Waals surface area (Å²) in [6, 6.07) is 13.3. The monoisotopic (exact) mass is 416 g/mol. The van der Waals surface area contributed by atoms with E-state index in [4.69, 9.17) is 11.6 Å². The molecule has 0 saturated heterocycles. The lowest BCUT2D eigenvalue weighted by Gasteiger charge is -2.20. The van der Waals surface area contributed by atoms with Crippen molar-refractivity contribution in [2.75, 3.05) is 0 Å². The van der Waals surface area contributed by atoms with Crippen molar-refractivity contribution >= 4 is 28.7 Å². The molecule has 1 N–H and O–H groups in total. The minimum atomic E-state index is -0.323. The standard InChI is InChI=1S/C22H17ClN6O/c1-14(27-22(30)17-11-26-29-9-5-8-25-21(17)29)16-10-18(23)19-12-24-13-28(19)20(16)15-6-3-2-4-7-15/h2-14H,1H3,(H,27,30). The number of hydrogen-bond donors (Lipinski definition) is 1. The summed E-state index contributed by atoms with van der Waals surface area (Å²) in [7, 11) is 0. The molecular formula is C22H17ClN6O. The second-order valence-electron chi connectivity index (χ2n) is 6.95. The second-order valence-corrected chi connectivity index (χ2v) is 7.36. The van der Waals surface area contributed by atoms with Gasteiger partial charge in [-0.3, -0.25) is 9.20 Å². The molecule has 1 atom stereocenters. The highest BCUT2D eigenvalue weighted by atomic mass is 35.5. The van der Waals surface area contributed by atoms with E-state index in [-0.39, 0.29) is 11.9 Å². The van der Waals surface area contributed by atoms with Crippen LogP contribution in [0.2, 0.25) is 5.02 Å². The zero-order valence-electron chi connectivity index (χ0n) is 16.0. The molecule has 0 radical (unpaired) electrons. The van der Waals surface area contributed by atoms with Gasteiger partial charge in [0, 0.05) is 18.0 Å². The van der Waals surface area contributed by atoms with Crippen LogP contribution in [0.4, 0.5) is 0 Å². The summed E-state index contributed by atoms with van der Waals surface area (Å²) >= 11 is 6.52. The Morgan fingerprint density at radius 2 is 2.00 bits per heavy atom. The van der Waals surface area contributed by atoms with Gasteiger partial charge < -0.3 is 5.32 Å². The quantitative estimate of drug-likeness (QED) is 0.476. The van der Waals surface area contributed by atoms with Gasteiger partial charge in [-0.15, -0.1) is 0 Å². The first kappa shape index (κ1) is 18.3. The van der Waals surface area contributed by atoms with Crippen LogP contribution in [0.25, 0.3) is 22.4 Å². The van der Waals surface area contributed by atoms with Gasteiger partial charge in [0.25, 0.3) is 5.91 Å². The molecule has 4 heterocycles. The number of hydrogen-bond acceptors (Lipinski definition) is 4. The van der Waals surface area contributed by atoms with E-state index in [1.165, 1.54) is 6.20 Å². The van der Waals surface area contributed by atoms with Crippen LogP contribution in [0.1, 0.15) is 28.9 Å². The van der Waals surface area contributed by atoms with Gasteiger partial charge in [-0.05, 0) is 24.6 Å². The minimum absolute atomic E-state index is 0.253. The number of benzene rings is 1. The van der Waals surface area contributed by atoms with Crippen LogP contribution in [0.3, 0.4) is 0 Å². The first-order valence-electron chi connectivity index (χ1n) is 9.42. The number of nitrogens with one attached hydrogen (secondary N) is 1. The van der Waals surface area contributed by atoms with E-state index in [2.05, 4.69) is 20.4 Å². The van der Waals surface area contributed by atoms with Crippen LogP contribution in [0.15, 0.2) is 73.6 Å². The van der Waals surface area contributed by atoms with Gasteiger partial charge in [0.05, 0.1) is 41.0 Å². The average molecular weight is 417 g/mol. The molecule has 0 aliphatic rings. The minimum Gasteiger partial charge on any atom is -0.345 e. The highest BCUT2D eigenvalue weighted by molar-refractivity contribution is 6.34. The zero-order valence-corrected chi connectivity index (χ0v) is 16.8.